The Morgan fingerprint density at radius 3 is 2.42 bits per heavy atom. The molecule has 2 fully saturated rings. The van der Waals surface area contributed by atoms with Crippen LogP contribution in [0.3, 0.4) is 0 Å². The quantitative estimate of drug-likeness (QED) is 0.440. The molecule has 36 heavy (non-hydrogen) atoms. The number of halogens is 1. The van der Waals surface area contributed by atoms with Gasteiger partial charge in [0, 0.05) is 54.6 Å². The van der Waals surface area contributed by atoms with Crippen LogP contribution in [0.25, 0.3) is 0 Å². The summed E-state index contributed by atoms with van der Waals surface area (Å²) >= 11 is 6.50. The second kappa shape index (κ2) is 9.79. The van der Waals surface area contributed by atoms with Crippen molar-refractivity contribution >= 4 is 17.5 Å². The van der Waals surface area contributed by atoms with Crippen LogP contribution in [0.1, 0.15) is 46.8 Å². The van der Waals surface area contributed by atoms with Crippen molar-refractivity contribution in [2.75, 3.05) is 32.8 Å². The number of carbonyl (C=O) groups is 1. The monoisotopic (exact) mass is 502 g/mol. The number of carbonyl (C=O) groups excluding carboxylic acids is 1. The number of hydrogen-bond donors (Lipinski definition) is 0. The van der Waals surface area contributed by atoms with Gasteiger partial charge in [-0.05, 0) is 48.2 Å². The number of ether oxygens (including phenoxy) is 2. The third-order valence-electron chi connectivity index (χ3n) is 7.95. The Balaban J connectivity index is 1.18. The molecule has 3 heterocycles. The summed E-state index contributed by atoms with van der Waals surface area (Å²) in [5.74, 6) is 1.47. The van der Waals surface area contributed by atoms with Gasteiger partial charge in [-0.1, -0.05) is 60.1 Å². The summed E-state index contributed by atoms with van der Waals surface area (Å²) in [5.41, 5.74) is 3.35. The molecule has 0 saturated carbocycles. The largest absolute Gasteiger partial charge is 0.490 e. The number of benzene rings is 3. The van der Waals surface area contributed by atoms with Gasteiger partial charge in [0.1, 0.15) is 0 Å². The van der Waals surface area contributed by atoms with E-state index in [4.69, 9.17) is 21.1 Å². The fourth-order valence-electron chi connectivity index (χ4n) is 6.11. The van der Waals surface area contributed by atoms with E-state index in [2.05, 4.69) is 47.4 Å². The van der Waals surface area contributed by atoms with Crippen LogP contribution in [-0.4, -0.2) is 48.6 Å². The molecule has 1 unspecified atom stereocenters. The van der Waals surface area contributed by atoms with Crippen molar-refractivity contribution in [3.8, 4) is 11.5 Å². The average molecular weight is 503 g/mol. The van der Waals surface area contributed by atoms with Crippen LogP contribution in [0.5, 0.6) is 11.5 Å². The second-order valence-electron chi connectivity index (χ2n) is 10.2. The fraction of sp³-hybridized carbons (Fsp3) is 0.367. The molecule has 1 spiro atoms. The van der Waals surface area contributed by atoms with E-state index in [0.717, 1.165) is 61.8 Å². The fourth-order valence-corrected chi connectivity index (χ4v) is 6.31. The van der Waals surface area contributed by atoms with Crippen molar-refractivity contribution in [3.05, 3.63) is 94.5 Å². The van der Waals surface area contributed by atoms with Gasteiger partial charge in [-0.25, -0.2) is 0 Å². The second-order valence-corrected chi connectivity index (χ2v) is 10.6. The minimum Gasteiger partial charge on any atom is -0.490 e. The number of likely N-dealkylation sites (tertiary alicyclic amines) is 2. The van der Waals surface area contributed by atoms with Crippen molar-refractivity contribution in [1.82, 2.24) is 9.80 Å². The summed E-state index contributed by atoms with van der Waals surface area (Å²) in [5, 5.41) is 0.820. The van der Waals surface area contributed by atoms with Crippen molar-refractivity contribution in [3.63, 3.8) is 0 Å². The Bertz CT molecular complexity index is 1240. The summed E-state index contributed by atoms with van der Waals surface area (Å²) < 4.78 is 11.5. The summed E-state index contributed by atoms with van der Waals surface area (Å²) in [4.78, 5) is 17.9. The van der Waals surface area contributed by atoms with Gasteiger partial charge in [-0.3, -0.25) is 9.69 Å². The molecule has 6 rings (SSSR count). The maximum atomic E-state index is 13.4. The first-order valence-electron chi connectivity index (χ1n) is 12.8. The van der Waals surface area contributed by atoms with Crippen LogP contribution in [-0.2, 0) is 6.54 Å². The van der Waals surface area contributed by atoms with Gasteiger partial charge >= 0.3 is 0 Å². The molecule has 186 valence electrons. The number of nitrogens with zero attached hydrogens (tertiary/aromatic N) is 2. The summed E-state index contributed by atoms with van der Waals surface area (Å²) in [6.07, 6.45) is 2.83. The first-order valence-corrected chi connectivity index (χ1v) is 13.2. The highest BCUT2D eigenvalue weighted by Gasteiger charge is 2.54. The molecule has 2 saturated heterocycles. The van der Waals surface area contributed by atoms with Gasteiger partial charge in [-0.2, -0.15) is 0 Å². The molecule has 0 bridgehead atoms. The van der Waals surface area contributed by atoms with Crippen LogP contribution in [0.4, 0.5) is 0 Å². The van der Waals surface area contributed by atoms with Crippen LogP contribution in [0.15, 0.2) is 72.8 Å². The Kier molecular flexibility index (Phi) is 6.36. The lowest BCUT2D eigenvalue weighted by molar-refractivity contribution is -0.113. The predicted molar refractivity (Wildman–Crippen MR) is 141 cm³/mol. The maximum Gasteiger partial charge on any atom is 0.253 e. The lowest BCUT2D eigenvalue weighted by atomic mass is 9.63. The standard InChI is InChI=1S/C30H31ClN2O3/c31-25-10-5-4-9-24(25)20-33-21-30(28(33)22-7-2-1-3-8-22)13-15-32(16-14-30)29(34)23-11-12-26-27(19-23)36-18-6-17-35-26/h1-5,7-12,19,28H,6,13-18,20-21H2. The summed E-state index contributed by atoms with van der Waals surface area (Å²) in [7, 11) is 0. The van der Waals surface area contributed by atoms with Crippen LogP contribution in [0, 0.1) is 5.41 Å². The molecule has 0 aliphatic carbocycles. The van der Waals surface area contributed by atoms with Crippen molar-refractivity contribution in [1.29, 1.82) is 0 Å². The molecule has 3 aliphatic heterocycles. The molecular formula is C30H31ClN2O3. The molecular weight excluding hydrogens is 472 g/mol. The van der Waals surface area contributed by atoms with E-state index in [0.29, 0.717) is 30.6 Å². The highest BCUT2D eigenvalue weighted by atomic mass is 35.5. The van der Waals surface area contributed by atoms with Crippen LogP contribution in [0.2, 0.25) is 5.02 Å². The first kappa shape index (κ1) is 23.4. The molecule has 1 atom stereocenters. The molecule has 0 aromatic heterocycles. The minimum atomic E-state index is 0.0732. The third kappa shape index (κ3) is 4.35. The van der Waals surface area contributed by atoms with Gasteiger partial charge in [0.15, 0.2) is 11.5 Å². The normalized spacial score (nSPS) is 21.0. The van der Waals surface area contributed by atoms with E-state index in [9.17, 15) is 4.79 Å². The molecule has 5 nitrogen and oxygen atoms in total. The van der Waals surface area contributed by atoms with E-state index in [1.807, 2.05) is 35.2 Å². The van der Waals surface area contributed by atoms with Crippen LogP contribution < -0.4 is 9.47 Å². The van der Waals surface area contributed by atoms with E-state index in [1.165, 1.54) is 5.56 Å². The lowest BCUT2D eigenvalue weighted by Crippen LogP contribution is -2.62. The summed E-state index contributed by atoms with van der Waals surface area (Å²) in [6.45, 7) is 4.63. The highest BCUT2D eigenvalue weighted by Crippen LogP contribution is 2.55. The smallest absolute Gasteiger partial charge is 0.253 e. The first-order chi connectivity index (χ1) is 17.6. The van der Waals surface area contributed by atoms with Gasteiger partial charge in [-0.15, -0.1) is 0 Å². The van der Waals surface area contributed by atoms with E-state index < -0.39 is 0 Å². The van der Waals surface area contributed by atoms with Crippen LogP contribution >= 0.6 is 11.6 Å². The number of fused-ring (bicyclic) bond motifs is 1. The molecule has 0 N–H and O–H groups in total. The molecule has 3 aliphatic rings. The SMILES string of the molecule is O=C(c1ccc2c(c1)OCCCO2)N1CCC2(CC1)CN(Cc1ccccc1Cl)C2c1ccccc1. The summed E-state index contributed by atoms with van der Waals surface area (Å²) in [6, 6.07) is 24.8. The van der Waals surface area contributed by atoms with Gasteiger partial charge in [0.05, 0.1) is 13.2 Å². The number of amides is 1. The van der Waals surface area contributed by atoms with E-state index in [1.54, 1.807) is 0 Å². The van der Waals surface area contributed by atoms with Gasteiger partial charge in [0.25, 0.3) is 5.91 Å². The van der Waals surface area contributed by atoms with Gasteiger partial charge < -0.3 is 14.4 Å². The van der Waals surface area contributed by atoms with E-state index >= 15 is 0 Å². The molecule has 3 aromatic carbocycles. The van der Waals surface area contributed by atoms with Crippen molar-refractivity contribution in [2.45, 2.75) is 31.8 Å². The predicted octanol–water partition coefficient (Wildman–Crippen LogP) is 5.98. The van der Waals surface area contributed by atoms with Crippen molar-refractivity contribution < 1.29 is 14.3 Å². The minimum absolute atomic E-state index is 0.0732. The topological polar surface area (TPSA) is 42.0 Å². The zero-order chi connectivity index (χ0) is 24.5. The highest BCUT2D eigenvalue weighted by molar-refractivity contribution is 6.31. The number of rotatable bonds is 4. The molecule has 3 aromatic rings. The Morgan fingerprint density at radius 1 is 0.917 bits per heavy atom. The maximum absolute atomic E-state index is 13.4. The average Bonchev–Trinajstić information content (AvgIpc) is 3.15. The van der Waals surface area contributed by atoms with E-state index in [-0.39, 0.29) is 11.3 Å². The number of piperidine rings is 1. The Labute approximate surface area is 217 Å². The number of hydrogen-bond acceptors (Lipinski definition) is 4. The lowest BCUT2D eigenvalue weighted by Gasteiger charge is -2.61. The Hall–Kier alpha value is -3.02. The zero-order valence-electron chi connectivity index (χ0n) is 20.4. The third-order valence-corrected chi connectivity index (χ3v) is 8.32. The molecule has 6 heteroatoms. The van der Waals surface area contributed by atoms with Crippen molar-refractivity contribution in [2.24, 2.45) is 5.41 Å². The Morgan fingerprint density at radius 2 is 1.64 bits per heavy atom. The molecule has 0 radical (unpaired) electrons. The van der Waals surface area contributed by atoms with Gasteiger partial charge in [0.2, 0.25) is 0 Å². The molecule has 1 amide bonds. The zero-order valence-corrected chi connectivity index (χ0v) is 21.1.